The Morgan fingerprint density at radius 2 is 0.500 bits per heavy atom. The molecule has 0 atom stereocenters. The summed E-state index contributed by atoms with van der Waals surface area (Å²) in [6, 6.07) is 0. The number of alkyl halides is 21. The molecule has 6 nitrogen and oxygen atoms in total. The van der Waals surface area contributed by atoms with E-state index >= 15 is 0 Å². The van der Waals surface area contributed by atoms with Crippen LogP contribution in [-0.2, 0) is 14.4 Å². The monoisotopic (exact) mass is 1070 g/mol. The van der Waals surface area contributed by atoms with Gasteiger partial charge in [-0.2, -0.15) is 92.2 Å². The van der Waals surface area contributed by atoms with Crippen molar-refractivity contribution in [3.63, 3.8) is 0 Å². The molecule has 0 saturated carbocycles. The van der Waals surface area contributed by atoms with E-state index in [4.69, 9.17) is 37.0 Å². The van der Waals surface area contributed by atoms with Gasteiger partial charge in [-0.15, -0.1) is 0 Å². The third kappa shape index (κ3) is 15.0. The van der Waals surface area contributed by atoms with Crippen LogP contribution in [0.25, 0.3) is 0 Å². The maximum atomic E-state index is 13.3. The fraction of sp³-hybridized carbons (Fsp3) is 0.700. The molecular formula is C30H33EuF21O6. The van der Waals surface area contributed by atoms with Crippen LogP contribution in [-0.4, -0.2) is 86.7 Å². The van der Waals surface area contributed by atoms with Gasteiger partial charge in [0.1, 0.15) is 17.3 Å². The molecule has 0 aliphatic carbocycles. The Kier molecular flexibility index (Phi) is 8.92. The minimum atomic E-state index is -7.00. The number of ketones is 3. The molecule has 0 spiro atoms. The second-order valence-corrected chi connectivity index (χ2v) is 9.87. The number of carbonyl (C=O) groups excluding carboxylic acids is 3. The quantitative estimate of drug-likeness (QED) is 0.120. The van der Waals surface area contributed by atoms with Gasteiger partial charge in [0.25, 0.3) is 0 Å². The fourth-order valence-electron chi connectivity index (χ4n) is 1.97. The van der Waals surface area contributed by atoms with Gasteiger partial charge in [0.15, 0.2) is 0 Å². The van der Waals surface area contributed by atoms with E-state index in [0.29, 0.717) is 0 Å². The Bertz CT molecular complexity index is 2100. The summed E-state index contributed by atoms with van der Waals surface area (Å²) in [6.45, 7) is -38.4. The molecule has 0 unspecified atom stereocenters. The average Bonchev–Trinajstić information content (AvgIpc) is 3.11. The first-order valence-electron chi connectivity index (χ1n) is 25.7. The summed E-state index contributed by atoms with van der Waals surface area (Å²) >= 11 is 0. The van der Waals surface area contributed by atoms with Crippen LogP contribution in [0.3, 0.4) is 0 Å². The summed E-state index contributed by atoms with van der Waals surface area (Å²) in [5.74, 6) is -59.5. The largest absolute Gasteiger partial charge is 0.512 e. The van der Waals surface area contributed by atoms with Crippen LogP contribution in [0, 0.1) is 65.6 Å². The normalized spacial score (nSPS) is 24.2. The smallest absolute Gasteiger partial charge is 0.460 e. The number of allylic oxidation sites excluding steroid dienone is 6. The van der Waals surface area contributed by atoms with Crippen molar-refractivity contribution < 1.29 is 208 Å². The molecule has 28 heteroatoms. The first-order chi connectivity index (χ1) is 35.4. The van der Waals surface area contributed by atoms with E-state index < -0.39 is 185 Å². The van der Waals surface area contributed by atoms with E-state index in [0.717, 1.165) is 0 Å². The van der Waals surface area contributed by atoms with Gasteiger partial charge < -0.3 is 15.3 Å². The molecular weight excluding hydrogens is 1010 g/mol. The summed E-state index contributed by atoms with van der Waals surface area (Å²) in [4.78, 5) is 33.8. The van der Waals surface area contributed by atoms with Crippen LogP contribution in [0.1, 0.15) is 98.7 Å². The molecule has 343 valence electrons. The number of carbonyl (C=O) groups is 3. The summed E-state index contributed by atoms with van der Waals surface area (Å²) in [6.07, 6.45) is -24.7. The SMILES string of the molecule is [2H]C([2H])([2H])C(/C(O)=C/C(=O)C(F)(F)C(F)(F)C(F)(F)F)(C([2H])([2H])[2H])C([2H])([2H])[2H].[2H]C([2H])([2H])C(/C(O)=C/C(=O)C(F)(F)C(F)(F)C(F)(F)F)(C([2H])([2H])[2H])C([2H])([2H])[2H].[2H]C([2H])([2H])C(/C(O)=C/C(=O)C(F)(F)C(F)(F)C(F)(F)F)(C([2H])([2H])[2H])C([2H])([2H])[2H].[Eu]. The van der Waals surface area contributed by atoms with Crippen molar-refractivity contribution in [3.05, 3.63) is 35.5 Å². The molecule has 0 aromatic rings. The van der Waals surface area contributed by atoms with Gasteiger partial charge in [0.2, 0.25) is 17.3 Å². The van der Waals surface area contributed by atoms with E-state index in [-0.39, 0.29) is 49.4 Å². The van der Waals surface area contributed by atoms with Crippen molar-refractivity contribution in [2.45, 2.75) is 116 Å². The molecule has 0 rings (SSSR count). The summed E-state index contributed by atoms with van der Waals surface area (Å²) < 4.78 is 457. The third-order valence-electron chi connectivity index (χ3n) is 5.14. The molecule has 58 heavy (non-hydrogen) atoms. The van der Waals surface area contributed by atoms with Gasteiger partial charge in [-0.25, -0.2) is 0 Å². The third-order valence-corrected chi connectivity index (χ3v) is 5.14. The van der Waals surface area contributed by atoms with Crippen LogP contribution < -0.4 is 0 Å². The number of hydrogen-bond acceptors (Lipinski definition) is 6. The zero-order valence-corrected chi connectivity index (χ0v) is 28.5. The predicted octanol–water partition coefficient (Wildman–Crippen LogP) is 11.6. The van der Waals surface area contributed by atoms with Crippen molar-refractivity contribution in [2.75, 3.05) is 0 Å². The number of hydrogen-bond donors (Lipinski definition) is 3. The Labute approximate surface area is 393 Å². The molecule has 0 aromatic carbocycles. The molecule has 0 aromatic heterocycles. The van der Waals surface area contributed by atoms with Crippen molar-refractivity contribution >= 4 is 17.3 Å². The molecule has 0 aliphatic rings. The zero-order chi connectivity index (χ0) is 70.1. The van der Waals surface area contributed by atoms with Crippen LogP contribution >= 0.6 is 0 Å². The maximum absolute atomic E-state index is 13.3. The van der Waals surface area contributed by atoms with E-state index in [2.05, 4.69) is 0 Å². The fourth-order valence-corrected chi connectivity index (χ4v) is 1.97. The first-order valence-corrected chi connectivity index (χ1v) is 12.2. The second kappa shape index (κ2) is 19.2. The number of rotatable bonds is 9. The molecule has 0 fully saturated rings. The summed E-state index contributed by atoms with van der Waals surface area (Å²) in [7, 11) is 0. The number of aliphatic hydroxyl groups is 3. The average molecular weight is 1070 g/mol. The van der Waals surface area contributed by atoms with E-state index in [1.165, 1.54) is 0 Å². The van der Waals surface area contributed by atoms with Crippen molar-refractivity contribution in [2.24, 2.45) is 16.2 Å². The minimum absolute atomic E-state index is 0. The molecule has 0 amide bonds. The predicted molar refractivity (Wildman–Crippen MR) is 153 cm³/mol. The van der Waals surface area contributed by atoms with Crippen LogP contribution in [0.4, 0.5) is 92.2 Å². The topological polar surface area (TPSA) is 112 Å². The van der Waals surface area contributed by atoms with E-state index in [1.54, 1.807) is 0 Å². The van der Waals surface area contributed by atoms with Crippen molar-refractivity contribution in [3.8, 4) is 0 Å². The van der Waals surface area contributed by atoms with E-state index in [1.807, 2.05) is 0 Å². The van der Waals surface area contributed by atoms with E-state index in [9.17, 15) is 122 Å². The second-order valence-electron chi connectivity index (χ2n) is 9.87. The molecule has 0 heterocycles. The molecule has 1 radical (unpaired) electrons. The summed E-state index contributed by atoms with van der Waals surface area (Å²) in [5, 5.41) is 29.0. The molecule has 0 saturated heterocycles. The van der Waals surface area contributed by atoms with Crippen LogP contribution in [0.5, 0.6) is 0 Å². The molecule has 0 aliphatic heterocycles. The minimum Gasteiger partial charge on any atom is -0.512 e. The Balaban J connectivity index is -0.000000576. The van der Waals surface area contributed by atoms with Crippen LogP contribution in [0.15, 0.2) is 35.5 Å². The van der Waals surface area contributed by atoms with Gasteiger partial charge in [0, 0.05) is 121 Å². The molecule has 3 N–H and O–H groups in total. The zero-order valence-electron chi connectivity index (χ0n) is 53.1. The van der Waals surface area contributed by atoms with Gasteiger partial charge in [-0.3, -0.25) is 14.4 Å². The Morgan fingerprint density at radius 3 is 0.603 bits per heavy atom. The van der Waals surface area contributed by atoms with Gasteiger partial charge in [0.05, 0.1) is 0 Å². The van der Waals surface area contributed by atoms with Crippen molar-refractivity contribution in [1.82, 2.24) is 0 Å². The van der Waals surface area contributed by atoms with Gasteiger partial charge >= 0.3 is 54.1 Å². The maximum Gasteiger partial charge on any atom is 0.460 e. The first kappa shape index (κ1) is 26.9. The number of halogens is 21. The standard InChI is InChI=1S/3C10H11F7O2.Eu/c3*1-7(2,3)5(18)4-6(19)8(11,12)9(13,14)10(15,16)17;/h3*4,18H,1-3H3;/b3*5-4-;/i3*1D3,2D3,3D3;. The van der Waals surface area contributed by atoms with Gasteiger partial charge in [-0.05, 0) is 0 Å². The van der Waals surface area contributed by atoms with Crippen LogP contribution in [0.2, 0.25) is 0 Å². The molecule has 0 bridgehead atoms. The summed E-state index contributed by atoms with van der Waals surface area (Å²) in [5.41, 5.74) is -13.3. The number of aliphatic hydroxyl groups excluding tert-OH is 3. The van der Waals surface area contributed by atoms with Gasteiger partial charge in [-0.1, -0.05) is 61.7 Å². The Morgan fingerprint density at radius 1 is 0.362 bits per heavy atom. The Hall–Kier alpha value is -2.26. The van der Waals surface area contributed by atoms with Crippen molar-refractivity contribution in [1.29, 1.82) is 0 Å².